The van der Waals surface area contributed by atoms with Gasteiger partial charge in [-0.05, 0) is 37.8 Å². The molecule has 1 N–H and O–H groups in total. The lowest BCUT2D eigenvalue weighted by Crippen LogP contribution is -2.37. The highest BCUT2D eigenvalue weighted by Crippen LogP contribution is 2.49. The molecule has 0 bridgehead atoms. The number of carboxylic acid groups (broad SMARTS) is 1. The van der Waals surface area contributed by atoms with Gasteiger partial charge in [0.1, 0.15) is 0 Å². The van der Waals surface area contributed by atoms with E-state index in [1.807, 2.05) is 37.3 Å². The van der Waals surface area contributed by atoms with E-state index in [1.165, 1.54) is 0 Å². The van der Waals surface area contributed by atoms with E-state index < -0.39 is 11.4 Å². The Kier molecular flexibility index (Phi) is 3.63. The summed E-state index contributed by atoms with van der Waals surface area (Å²) < 4.78 is 1.75. The Morgan fingerprint density at radius 1 is 1.28 bits per heavy atom. The number of para-hydroxylation sites is 1. The zero-order valence-corrected chi connectivity index (χ0v) is 14.2. The molecular formula is C19H21N3O3. The second kappa shape index (κ2) is 5.72. The summed E-state index contributed by atoms with van der Waals surface area (Å²) in [6.07, 6.45) is 4.08. The van der Waals surface area contributed by atoms with Gasteiger partial charge < -0.3 is 10.0 Å². The monoisotopic (exact) mass is 339 g/mol. The predicted molar refractivity (Wildman–Crippen MR) is 91.6 cm³/mol. The van der Waals surface area contributed by atoms with Crippen LogP contribution in [0.5, 0.6) is 0 Å². The van der Waals surface area contributed by atoms with E-state index in [1.54, 1.807) is 15.8 Å². The molecule has 1 aliphatic carbocycles. The number of rotatable bonds is 3. The number of likely N-dealkylation sites (tertiary alicyclic amines) is 1. The summed E-state index contributed by atoms with van der Waals surface area (Å²) in [7, 11) is 0. The van der Waals surface area contributed by atoms with Crippen molar-refractivity contribution in [3.63, 3.8) is 0 Å². The molecule has 6 heteroatoms. The van der Waals surface area contributed by atoms with Crippen LogP contribution in [0.25, 0.3) is 5.69 Å². The average molecular weight is 339 g/mol. The molecule has 0 radical (unpaired) electrons. The normalized spacial score (nSPS) is 25.2. The van der Waals surface area contributed by atoms with Crippen molar-refractivity contribution in [1.82, 2.24) is 14.7 Å². The first-order valence-electron chi connectivity index (χ1n) is 8.65. The van der Waals surface area contributed by atoms with Crippen LogP contribution in [0.15, 0.2) is 36.5 Å². The van der Waals surface area contributed by atoms with Gasteiger partial charge in [-0.2, -0.15) is 5.10 Å². The number of benzene rings is 1. The van der Waals surface area contributed by atoms with Gasteiger partial charge in [0, 0.05) is 13.1 Å². The minimum Gasteiger partial charge on any atom is -0.481 e. The van der Waals surface area contributed by atoms with Gasteiger partial charge in [-0.15, -0.1) is 0 Å². The van der Waals surface area contributed by atoms with Crippen molar-refractivity contribution in [2.45, 2.75) is 26.2 Å². The molecule has 1 aliphatic heterocycles. The summed E-state index contributed by atoms with van der Waals surface area (Å²) >= 11 is 0. The molecular weight excluding hydrogens is 318 g/mol. The van der Waals surface area contributed by atoms with Gasteiger partial charge >= 0.3 is 5.97 Å². The first-order valence-corrected chi connectivity index (χ1v) is 8.65. The summed E-state index contributed by atoms with van der Waals surface area (Å²) in [6.45, 7) is 2.71. The molecule has 0 spiro atoms. The number of aromatic nitrogens is 2. The highest BCUT2D eigenvalue weighted by atomic mass is 16.4. The lowest BCUT2D eigenvalue weighted by molar-refractivity contribution is -0.149. The molecule has 25 heavy (non-hydrogen) atoms. The first-order chi connectivity index (χ1) is 12.0. The van der Waals surface area contributed by atoms with E-state index in [0.29, 0.717) is 25.1 Å². The smallest absolute Gasteiger partial charge is 0.311 e. The van der Waals surface area contributed by atoms with Gasteiger partial charge in [0.05, 0.1) is 28.6 Å². The highest BCUT2D eigenvalue weighted by molar-refractivity contribution is 5.96. The Labute approximate surface area is 146 Å². The van der Waals surface area contributed by atoms with Crippen LogP contribution >= 0.6 is 0 Å². The number of fused-ring (bicyclic) bond motifs is 1. The Morgan fingerprint density at radius 3 is 2.72 bits per heavy atom. The minimum absolute atomic E-state index is 0.0680. The minimum atomic E-state index is -0.762. The van der Waals surface area contributed by atoms with Crippen LogP contribution in [0.1, 0.15) is 35.3 Å². The van der Waals surface area contributed by atoms with Crippen molar-refractivity contribution in [3.05, 3.63) is 47.8 Å². The fraction of sp³-hybridized carbons (Fsp3) is 0.421. The number of hydrogen-bond donors (Lipinski definition) is 1. The van der Waals surface area contributed by atoms with Crippen LogP contribution in [0.2, 0.25) is 0 Å². The predicted octanol–water partition coefficient (Wildman–Crippen LogP) is 2.51. The van der Waals surface area contributed by atoms with Crippen LogP contribution in [0, 0.1) is 18.3 Å². The van der Waals surface area contributed by atoms with E-state index in [0.717, 1.165) is 24.2 Å². The van der Waals surface area contributed by atoms with Crippen molar-refractivity contribution in [1.29, 1.82) is 0 Å². The van der Waals surface area contributed by atoms with E-state index in [9.17, 15) is 14.7 Å². The summed E-state index contributed by atoms with van der Waals surface area (Å²) in [5.74, 6) is -0.810. The third-order valence-electron chi connectivity index (χ3n) is 5.82. The van der Waals surface area contributed by atoms with Crippen molar-refractivity contribution in [3.8, 4) is 5.69 Å². The van der Waals surface area contributed by atoms with Gasteiger partial charge in [-0.25, -0.2) is 4.68 Å². The van der Waals surface area contributed by atoms with Crippen LogP contribution in [0.3, 0.4) is 0 Å². The second-order valence-electron chi connectivity index (χ2n) is 7.13. The SMILES string of the molecule is Cc1c(C(=O)N2C[C@@H]3CCC[C@@]3(C(=O)O)C2)cnn1-c1ccccc1. The molecule has 2 aliphatic rings. The van der Waals surface area contributed by atoms with Crippen molar-refractivity contribution < 1.29 is 14.7 Å². The largest absolute Gasteiger partial charge is 0.481 e. The number of aliphatic carboxylic acids is 1. The zero-order chi connectivity index (χ0) is 17.6. The number of nitrogens with zero attached hydrogens (tertiary/aromatic N) is 3. The Balaban J connectivity index is 1.61. The maximum atomic E-state index is 13.0. The lowest BCUT2D eigenvalue weighted by atomic mass is 9.81. The topological polar surface area (TPSA) is 75.4 Å². The van der Waals surface area contributed by atoms with Crippen molar-refractivity contribution in [2.75, 3.05) is 13.1 Å². The van der Waals surface area contributed by atoms with E-state index in [2.05, 4.69) is 5.10 Å². The van der Waals surface area contributed by atoms with Crippen molar-refractivity contribution in [2.24, 2.45) is 11.3 Å². The van der Waals surface area contributed by atoms with Crippen LogP contribution in [-0.4, -0.2) is 44.8 Å². The van der Waals surface area contributed by atoms with Crippen LogP contribution in [0.4, 0.5) is 0 Å². The summed E-state index contributed by atoms with van der Waals surface area (Å²) in [4.78, 5) is 26.5. The molecule has 0 unspecified atom stereocenters. The summed E-state index contributed by atoms with van der Waals surface area (Å²) in [5, 5.41) is 14.1. The first kappa shape index (κ1) is 15.9. The quantitative estimate of drug-likeness (QED) is 0.932. The summed E-state index contributed by atoms with van der Waals surface area (Å²) in [5.41, 5.74) is 1.47. The number of hydrogen-bond acceptors (Lipinski definition) is 3. The van der Waals surface area contributed by atoms with Gasteiger partial charge in [-0.1, -0.05) is 24.6 Å². The molecule has 1 saturated heterocycles. The van der Waals surface area contributed by atoms with Crippen molar-refractivity contribution >= 4 is 11.9 Å². The fourth-order valence-corrected chi connectivity index (χ4v) is 4.41. The molecule has 130 valence electrons. The third kappa shape index (κ3) is 2.35. The van der Waals surface area contributed by atoms with E-state index in [-0.39, 0.29) is 11.8 Å². The Morgan fingerprint density at radius 2 is 2.04 bits per heavy atom. The molecule has 2 fully saturated rings. The molecule has 1 aromatic carbocycles. The molecule has 2 aromatic rings. The highest BCUT2D eigenvalue weighted by Gasteiger charge is 2.55. The molecule has 4 rings (SSSR count). The molecule has 1 aromatic heterocycles. The molecule has 1 amide bonds. The Hall–Kier alpha value is -2.63. The third-order valence-corrected chi connectivity index (χ3v) is 5.82. The van der Waals surface area contributed by atoms with E-state index >= 15 is 0 Å². The maximum Gasteiger partial charge on any atom is 0.311 e. The van der Waals surface area contributed by atoms with Gasteiger partial charge in [0.25, 0.3) is 5.91 Å². The maximum absolute atomic E-state index is 13.0. The number of amides is 1. The second-order valence-corrected chi connectivity index (χ2v) is 7.13. The standard InChI is InChI=1S/C19H21N3O3/c1-13-16(10-20-22(13)15-7-3-2-4-8-15)17(23)21-11-14-6-5-9-19(14,12-21)18(24)25/h2-4,7-8,10,14H,5-6,9,11-12H2,1H3,(H,24,25)/t14-,19+/m0/s1. The average Bonchev–Trinajstić information content (AvgIpc) is 3.27. The van der Waals surface area contributed by atoms with Gasteiger partial charge in [0.15, 0.2) is 0 Å². The molecule has 6 nitrogen and oxygen atoms in total. The lowest BCUT2D eigenvalue weighted by Gasteiger charge is -2.23. The summed E-state index contributed by atoms with van der Waals surface area (Å²) in [6, 6.07) is 9.66. The van der Waals surface area contributed by atoms with Gasteiger partial charge in [-0.3, -0.25) is 9.59 Å². The van der Waals surface area contributed by atoms with Gasteiger partial charge in [0.2, 0.25) is 0 Å². The van der Waals surface area contributed by atoms with E-state index in [4.69, 9.17) is 0 Å². The number of carboxylic acids is 1. The zero-order valence-electron chi connectivity index (χ0n) is 14.2. The molecule has 2 heterocycles. The number of carbonyl (C=O) groups is 2. The molecule has 2 atom stereocenters. The van der Waals surface area contributed by atoms with Crippen LogP contribution in [-0.2, 0) is 4.79 Å². The fourth-order valence-electron chi connectivity index (χ4n) is 4.41. The molecule has 1 saturated carbocycles. The van der Waals surface area contributed by atoms with Crippen LogP contribution < -0.4 is 0 Å². The number of carbonyl (C=O) groups excluding carboxylic acids is 1. The Bertz CT molecular complexity index is 830.